The number of aliphatic hydroxyl groups excluding tert-OH is 1. The lowest BCUT2D eigenvalue weighted by molar-refractivity contribution is 0.213. The van der Waals surface area contributed by atoms with E-state index in [1.165, 1.54) is 0 Å². The Kier molecular flexibility index (Phi) is 5.82. The van der Waals surface area contributed by atoms with Gasteiger partial charge in [0.2, 0.25) is 0 Å². The summed E-state index contributed by atoms with van der Waals surface area (Å²) >= 11 is 3.62. The van der Waals surface area contributed by atoms with Gasteiger partial charge in [-0.25, -0.2) is 0 Å². The summed E-state index contributed by atoms with van der Waals surface area (Å²) in [4.78, 5) is 0. The molecule has 0 aliphatic heterocycles. The largest absolute Gasteiger partial charge is 0.396 e. The van der Waals surface area contributed by atoms with Gasteiger partial charge in [0, 0.05) is 25.7 Å². The first-order chi connectivity index (χ1) is 8.47. The van der Waals surface area contributed by atoms with Crippen LogP contribution in [0.3, 0.4) is 0 Å². The van der Waals surface area contributed by atoms with E-state index in [2.05, 4.69) is 47.1 Å². The minimum absolute atomic E-state index is 0.0230. The molecule has 5 heteroatoms. The van der Waals surface area contributed by atoms with E-state index in [0.29, 0.717) is 0 Å². The molecule has 1 rings (SSSR count). The number of nitrogens with zero attached hydrogens (tertiary/aromatic N) is 2. The molecule has 0 fully saturated rings. The van der Waals surface area contributed by atoms with Crippen LogP contribution in [-0.4, -0.2) is 27.0 Å². The van der Waals surface area contributed by atoms with E-state index in [1.54, 1.807) is 0 Å². The normalized spacial score (nSPS) is 14.8. The lowest BCUT2D eigenvalue weighted by atomic mass is 9.95. The molecule has 1 heterocycles. The standard InChI is InChI=1S/C13H24BrN3O/c1-5-10-12(14)11(17(4)16-10)9-15-13(3,6-2)7-8-18/h15,18H,5-9H2,1-4H3. The Hall–Kier alpha value is -0.390. The monoisotopic (exact) mass is 317 g/mol. The van der Waals surface area contributed by atoms with E-state index in [0.717, 1.165) is 41.7 Å². The van der Waals surface area contributed by atoms with E-state index in [1.807, 2.05) is 11.7 Å². The van der Waals surface area contributed by atoms with Crippen LogP contribution in [0.25, 0.3) is 0 Å². The van der Waals surface area contributed by atoms with Gasteiger partial charge in [-0.05, 0) is 42.1 Å². The molecule has 4 nitrogen and oxygen atoms in total. The van der Waals surface area contributed by atoms with Gasteiger partial charge in [-0.2, -0.15) is 5.10 Å². The number of aliphatic hydroxyl groups is 1. The third-order valence-electron chi connectivity index (χ3n) is 3.63. The summed E-state index contributed by atoms with van der Waals surface area (Å²) in [6.07, 6.45) is 2.68. The highest BCUT2D eigenvalue weighted by Gasteiger charge is 2.22. The van der Waals surface area contributed by atoms with Crippen molar-refractivity contribution in [3.05, 3.63) is 15.9 Å². The molecule has 0 saturated carbocycles. The molecule has 1 atom stereocenters. The molecule has 2 N–H and O–H groups in total. The first kappa shape index (κ1) is 15.7. The first-order valence-corrected chi connectivity index (χ1v) is 7.32. The van der Waals surface area contributed by atoms with Gasteiger partial charge < -0.3 is 10.4 Å². The van der Waals surface area contributed by atoms with Crippen molar-refractivity contribution in [2.45, 2.75) is 52.1 Å². The van der Waals surface area contributed by atoms with Crippen molar-refractivity contribution in [2.24, 2.45) is 7.05 Å². The Labute approximate surface area is 118 Å². The number of nitrogens with one attached hydrogen (secondary N) is 1. The quantitative estimate of drug-likeness (QED) is 0.811. The van der Waals surface area contributed by atoms with Gasteiger partial charge in [0.15, 0.2) is 0 Å². The molecule has 0 aliphatic rings. The minimum atomic E-state index is -0.0230. The van der Waals surface area contributed by atoms with Crippen LogP contribution in [0.1, 0.15) is 45.0 Å². The van der Waals surface area contributed by atoms with Crippen molar-refractivity contribution in [2.75, 3.05) is 6.61 Å². The fourth-order valence-electron chi connectivity index (χ4n) is 1.95. The maximum absolute atomic E-state index is 9.11. The molecule has 104 valence electrons. The molecule has 0 amide bonds. The minimum Gasteiger partial charge on any atom is -0.396 e. The third-order valence-corrected chi connectivity index (χ3v) is 4.54. The summed E-state index contributed by atoms with van der Waals surface area (Å²) in [5.41, 5.74) is 2.23. The summed E-state index contributed by atoms with van der Waals surface area (Å²) in [5.74, 6) is 0. The Balaban J connectivity index is 2.76. The molecule has 0 aliphatic carbocycles. The second-order valence-electron chi connectivity index (χ2n) is 4.93. The number of halogens is 1. The number of aromatic nitrogens is 2. The Morgan fingerprint density at radius 3 is 2.56 bits per heavy atom. The van der Waals surface area contributed by atoms with Crippen LogP contribution in [0.5, 0.6) is 0 Å². The highest BCUT2D eigenvalue weighted by atomic mass is 79.9. The van der Waals surface area contributed by atoms with Crippen molar-refractivity contribution < 1.29 is 5.11 Å². The van der Waals surface area contributed by atoms with Crippen LogP contribution in [0.4, 0.5) is 0 Å². The summed E-state index contributed by atoms with van der Waals surface area (Å²) in [6.45, 7) is 7.36. The molecule has 18 heavy (non-hydrogen) atoms. The highest BCUT2D eigenvalue weighted by molar-refractivity contribution is 9.10. The highest BCUT2D eigenvalue weighted by Crippen LogP contribution is 2.23. The summed E-state index contributed by atoms with van der Waals surface area (Å²) in [6, 6.07) is 0. The average molecular weight is 318 g/mol. The molecular formula is C13H24BrN3O. The Morgan fingerprint density at radius 2 is 2.11 bits per heavy atom. The zero-order valence-corrected chi connectivity index (χ0v) is 13.3. The molecule has 0 aromatic carbocycles. The number of hydrogen-bond acceptors (Lipinski definition) is 3. The van der Waals surface area contributed by atoms with E-state index in [4.69, 9.17) is 5.11 Å². The first-order valence-electron chi connectivity index (χ1n) is 6.53. The second-order valence-corrected chi connectivity index (χ2v) is 5.72. The predicted molar refractivity (Wildman–Crippen MR) is 77.5 cm³/mol. The third kappa shape index (κ3) is 3.56. The maximum Gasteiger partial charge on any atom is 0.0767 e. The molecule has 0 radical (unpaired) electrons. The number of aryl methyl sites for hydroxylation is 2. The number of rotatable bonds is 7. The van der Waals surface area contributed by atoms with Crippen molar-refractivity contribution in [3.8, 4) is 0 Å². The van der Waals surface area contributed by atoms with Crippen LogP contribution in [-0.2, 0) is 20.0 Å². The molecule has 1 unspecified atom stereocenters. The predicted octanol–water partition coefficient (Wildman–Crippen LogP) is 2.39. The van der Waals surface area contributed by atoms with Gasteiger partial charge in [-0.3, -0.25) is 4.68 Å². The molecule has 0 saturated heterocycles. The second kappa shape index (κ2) is 6.68. The number of hydrogen-bond donors (Lipinski definition) is 2. The summed E-state index contributed by atoms with van der Waals surface area (Å²) in [7, 11) is 1.97. The smallest absolute Gasteiger partial charge is 0.0767 e. The van der Waals surface area contributed by atoms with Gasteiger partial charge in [0.1, 0.15) is 0 Å². The van der Waals surface area contributed by atoms with Crippen molar-refractivity contribution in [1.29, 1.82) is 0 Å². The zero-order chi connectivity index (χ0) is 13.8. The summed E-state index contributed by atoms with van der Waals surface area (Å²) < 4.78 is 3.02. The van der Waals surface area contributed by atoms with Crippen LogP contribution in [0.15, 0.2) is 4.47 Å². The van der Waals surface area contributed by atoms with E-state index in [-0.39, 0.29) is 12.1 Å². The molecule has 1 aromatic heterocycles. The van der Waals surface area contributed by atoms with Crippen LogP contribution >= 0.6 is 15.9 Å². The average Bonchev–Trinajstić information content (AvgIpc) is 2.62. The molecule has 0 spiro atoms. The van der Waals surface area contributed by atoms with E-state index >= 15 is 0 Å². The van der Waals surface area contributed by atoms with E-state index in [9.17, 15) is 0 Å². The maximum atomic E-state index is 9.11. The fraction of sp³-hybridized carbons (Fsp3) is 0.769. The van der Waals surface area contributed by atoms with Gasteiger partial charge in [-0.1, -0.05) is 13.8 Å². The Bertz CT molecular complexity index is 392. The molecule has 0 bridgehead atoms. The fourth-order valence-corrected chi connectivity index (χ4v) is 2.70. The van der Waals surface area contributed by atoms with Crippen molar-refractivity contribution >= 4 is 15.9 Å². The lowest BCUT2D eigenvalue weighted by Crippen LogP contribution is -2.42. The zero-order valence-electron chi connectivity index (χ0n) is 11.8. The molecule has 1 aromatic rings. The van der Waals surface area contributed by atoms with Crippen LogP contribution in [0.2, 0.25) is 0 Å². The van der Waals surface area contributed by atoms with Crippen molar-refractivity contribution in [1.82, 2.24) is 15.1 Å². The Morgan fingerprint density at radius 1 is 1.44 bits per heavy atom. The van der Waals surface area contributed by atoms with Crippen molar-refractivity contribution in [3.63, 3.8) is 0 Å². The van der Waals surface area contributed by atoms with Crippen LogP contribution < -0.4 is 5.32 Å². The summed E-state index contributed by atoms with van der Waals surface area (Å²) in [5, 5.41) is 17.1. The topological polar surface area (TPSA) is 50.1 Å². The van der Waals surface area contributed by atoms with Crippen LogP contribution in [0, 0.1) is 0 Å². The van der Waals surface area contributed by atoms with Gasteiger partial charge in [-0.15, -0.1) is 0 Å². The SMILES string of the molecule is CCc1nn(C)c(CNC(C)(CC)CCO)c1Br. The molecular weight excluding hydrogens is 294 g/mol. The van der Waals surface area contributed by atoms with E-state index < -0.39 is 0 Å². The lowest BCUT2D eigenvalue weighted by Gasteiger charge is -2.29. The van der Waals surface area contributed by atoms with Gasteiger partial charge in [0.05, 0.1) is 15.9 Å². The van der Waals surface area contributed by atoms with Gasteiger partial charge >= 0.3 is 0 Å². The van der Waals surface area contributed by atoms with Gasteiger partial charge in [0.25, 0.3) is 0 Å².